The van der Waals surface area contributed by atoms with Gasteiger partial charge in [0.05, 0.1) is 16.8 Å². The first kappa shape index (κ1) is 9.93. The summed E-state index contributed by atoms with van der Waals surface area (Å²) in [6, 6.07) is 1.97. The molecule has 2 heterocycles. The fraction of sp³-hybridized carbons (Fsp3) is 0.500. The summed E-state index contributed by atoms with van der Waals surface area (Å²) in [6.07, 6.45) is 4.75. The molecule has 1 saturated heterocycles. The Morgan fingerprint density at radius 1 is 1.64 bits per heavy atom. The van der Waals surface area contributed by atoms with Crippen LogP contribution in [0.4, 0.5) is 5.69 Å². The zero-order chi connectivity index (χ0) is 9.80. The van der Waals surface area contributed by atoms with E-state index in [0.29, 0.717) is 5.92 Å². The SMILES string of the molecule is Brc1cnccc1NCC1CCOC1. The van der Waals surface area contributed by atoms with Gasteiger partial charge in [-0.2, -0.15) is 0 Å². The molecule has 3 nitrogen and oxygen atoms in total. The Morgan fingerprint density at radius 2 is 2.57 bits per heavy atom. The van der Waals surface area contributed by atoms with E-state index < -0.39 is 0 Å². The number of hydrogen-bond acceptors (Lipinski definition) is 3. The maximum absolute atomic E-state index is 5.31. The highest BCUT2D eigenvalue weighted by atomic mass is 79.9. The fourth-order valence-corrected chi connectivity index (χ4v) is 1.91. The van der Waals surface area contributed by atoms with Gasteiger partial charge in [-0.05, 0) is 28.4 Å². The van der Waals surface area contributed by atoms with Crippen molar-refractivity contribution in [1.82, 2.24) is 4.98 Å². The normalized spacial score (nSPS) is 21.1. The summed E-state index contributed by atoms with van der Waals surface area (Å²) in [5, 5.41) is 3.39. The zero-order valence-corrected chi connectivity index (χ0v) is 9.46. The summed E-state index contributed by atoms with van der Waals surface area (Å²) in [5.74, 6) is 0.648. The highest BCUT2D eigenvalue weighted by Crippen LogP contribution is 2.21. The highest BCUT2D eigenvalue weighted by Gasteiger charge is 2.15. The molecule has 0 saturated carbocycles. The van der Waals surface area contributed by atoms with Crippen LogP contribution < -0.4 is 5.32 Å². The number of aromatic nitrogens is 1. The summed E-state index contributed by atoms with van der Waals surface area (Å²) >= 11 is 3.45. The van der Waals surface area contributed by atoms with E-state index >= 15 is 0 Å². The molecule has 4 heteroatoms. The molecule has 1 N–H and O–H groups in total. The first-order valence-electron chi connectivity index (χ1n) is 4.77. The second-order valence-electron chi connectivity index (χ2n) is 3.47. The highest BCUT2D eigenvalue weighted by molar-refractivity contribution is 9.10. The van der Waals surface area contributed by atoms with E-state index in [1.807, 2.05) is 6.07 Å². The second kappa shape index (κ2) is 4.75. The van der Waals surface area contributed by atoms with Gasteiger partial charge in [-0.3, -0.25) is 4.98 Å². The predicted octanol–water partition coefficient (Wildman–Crippen LogP) is 2.29. The van der Waals surface area contributed by atoms with Crippen molar-refractivity contribution in [2.45, 2.75) is 6.42 Å². The van der Waals surface area contributed by atoms with E-state index in [0.717, 1.165) is 36.3 Å². The molecule has 1 atom stereocenters. The van der Waals surface area contributed by atoms with E-state index in [9.17, 15) is 0 Å². The molecule has 2 rings (SSSR count). The molecule has 14 heavy (non-hydrogen) atoms. The third-order valence-electron chi connectivity index (χ3n) is 2.38. The van der Waals surface area contributed by atoms with Gasteiger partial charge in [-0.1, -0.05) is 0 Å². The Balaban J connectivity index is 1.88. The van der Waals surface area contributed by atoms with Crippen LogP contribution in [0.25, 0.3) is 0 Å². The van der Waals surface area contributed by atoms with Crippen LogP contribution >= 0.6 is 15.9 Å². The van der Waals surface area contributed by atoms with Crippen LogP contribution in [-0.4, -0.2) is 24.7 Å². The summed E-state index contributed by atoms with van der Waals surface area (Å²) in [6.45, 7) is 2.77. The lowest BCUT2D eigenvalue weighted by molar-refractivity contribution is 0.187. The van der Waals surface area contributed by atoms with E-state index in [4.69, 9.17) is 4.74 Å². The molecular formula is C10H13BrN2O. The Hall–Kier alpha value is -0.610. The number of halogens is 1. The van der Waals surface area contributed by atoms with Crippen molar-refractivity contribution in [3.63, 3.8) is 0 Å². The van der Waals surface area contributed by atoms with Gasteiger partial charge in [0.2, 0.25) is 0 Å². The molecule has 1 aromatic rings. The van der Waals surface area contributed by atoms with Gasteiger partial charge < -0.3 is 10.1 Å². The molecule has 0 spiro atoms. The lowest BCUT2D eigenvalue weighted by Gasteiger charge is -2.11. The third kappa shape index (κ3) is 2.45. The fourth-order valence-electron chi connectivity index (χ4n) is 1.52. The Bertz CT molecular complexity index is 300. The first-order valence-corrected chi connectivity index (χ1v) is 5.56. The topological polar surface area (TPSA) is 34.2 Å². The van der Waals surface area contributed by atoms with E-state index in [2.05, 4.69) is 26.2 Å². The van der Waals surface area contributed by atoms with Gasteiger partial charge in [-0.25, -0.2) is 0 Å². The molecule has 0 aromatic carbocycles. The number of rotatable bonds is 3. The number of nitrogens with zero attached hydrogens (tertiary/aromatic N) is 1. The van der Waals surface area contributed by atoms with Gasteiger partial charge in [0.15, 0.2) is 0 Å². The molecule has 1 aliphatic heterocycles. The standard InChI is InChI=1S/C10H13BrN2O/c11-9-6-12-3-1-10(9)13-5-8-2-4-14-7-8/h1,3,6,8H,2,4-5,7H2,(H,12,13). The maximum Gasteiger partial charge on any atom is 0.0590 e. The monoisotopic (exact) mass is 256 g/mol. The molecule has 76 valence electrons. The zero-order valence-electron chi connectivity index (χ0n) is 7.87. The van der Waals surface area contributed by atoms with Crippen LogP contribution in [0.15, 0.2) is 22.9 Å². The first-order chi connectivity index (χ1) is 6.86. The molecule has 0 amide bonds. The molecule has 1 fully saturated rings. The van der Waals surface area contributed by atoms with Crippen LogP contribution in [0.5, 0.6) is 0 Å². The number of anilines is 1. The van der Waals surface area contributed by atoms with E-state index in [1.54, 1.807) is 12.4 Å². The van der Waals surface area contributed by atoms with Crippen LogP contribution in [0.2, 0.25) is 0 Å². The molecule has 1 aliphatic rings. The molecular weight excluding hydrogens is 244 g/mol. The molecule has 0 bridgehead atoms. The Labute approximate surface area is 92.0 Å². The van der Waals surface area contributed by atoms with Crippen molar-refractivity contribution in [3.05, 3.63) is 22.9 Å². The maximum atomic E-state index is 5.31. The van der Waals surface area contributed by atoms with Crippen LogP contribution in [-0.2, 0) is 4.74 Å². The van der Waals surface area contributed by atoms with Crippen LogP contribution in [0.3, 0.4) is 0 Å². The predicted molar refractivity (Wildman–Crippen MR) is 59.4 cm³/mol. The van der Waals surface area contributed by atoms with Crippen molar-refractivity contribution in [2.24, 2.45) is 5.92 Å². The minimum Gasteiger partial charge on any atom is -0.384 e. The summed E-state index contributed by atoms with van der Waals surface area (Å²) < 4.78 is 6.32. The lowest BCUT2D eigenvalue weighted by Crippen LogP contribution is -2.14. The van der Waals surface area contributed by atoms with Crippen molar-refractivity contribution in [1.29, 1.82) is 0 Å². The van der Waals surface area contributed by atoms with Gasteiger partial charge in [0.25, 0.3) is 0 Å². The van der Waals surface area contributed by atoms with Crippen LogP contribution in [0.1, 0.15) is 6.42 Å². The molecule has 1 unspecified atom stereocenters. The van der Waals surface area contributed by atoms with Crippen molar-refractivity contribution >= 4 is 21.6 Å². The Kier molecular flexibility index (Phi) is 3.37. The van der Waals surface area contributed by atoms with Crippen molar-refractivity contribution in [2.75, 3.05) is 25.1 Å². The smallest absolute Gasteiger partial charge is 0.0590 e. The molecule has 1 aromatic heterocycles. The third-order valence-corrected chi connectivity index (χ3v) is 3.01. The van der Waals surface area contributed by atoms with E-state index in [-0.39, 0.29) is 0 Å². The minimum absolute atomic E-state index is 0.648. The number of pyridine rings is 1. The van der Waals surface area contributed by atoms with Crippen molar-refractivity contribution in [3.8, 4) is 0 Å². The van der Waals surface area contributed by atoms with Crippen molar-refractivity contribution < 1.29 is 4.74 Å². The number of ether oxygens (including phenoxy) is 1. The van der Waals surface area contributed by atoms with Gasteiger partial charge >= 0.3 is 0 Å². The average molecular weight is 257 g/mol. The number of nitrogens with one attached hydrogen (secondary N) is 1. The number of hydrogen-bond donors (Lipinski definition) is 1. The minimum atomic E-state index is 0.648. The van der Waals surface area contributed by atoms with Gasteiger partial charge in [-0.15, -0.1) is 0 Å². The molecule has 0 aliphatic carbocycles. The van der Waals surface area contributed by atoms with Crippen LogP contribution in [0, 0.1) is 5.92 Å². The largest absolute Gasteiger partial charge is 0.384 e. The van der Waals surface area contributed by atoms with Gasteiger partial charge in [0.1, 0.15) is 0 Å². The average Bonchev–Trinajstić information content (AvgIpc) is 2.69. The summed E-state index contributed by atoms with van der Waals surface area (Å²) in [7, 11) is 0. The molecule has 0 radical (unpaired) electrons. The Morgan fingerprint density at radius 3 is 3.29 bits per heavy atom. The second-order valence-corrected chi connectivity index (χ2v) is 4.32. The van der Waals surface area contributed by atoms with Gasteiger partial charge in [0, 0.05) is 31.5 Å². The summed E-state index contributed by atoms with van der Waals surface area (Å²) in [5.41, 5.74) is 1.10. The lowest BCUT2D eigenvalue weighted by atomic mass is 10.1. The summed E-state index contributed by atoms with van der Waals surface area (Å²) in [4.78, 5) is 4.01. The quantitative estimate of drug-likeness (QED) is 0.902. The van der Waals surface area contributed by atoms with E-state index in [1.165, 1.54) is 0 Å².